The Morgan fingerprint density at radius 3 is 0.847 bits per heavy atom. The Hall–Kier alpha value is -9.36. The maximum atomic E-state index is 2.45. The molecule has 0 radical (unpaired) electrons. The summed E-state index contributed by atoms with van der Waals surface area (Å²) in [6.45, 7) is 0. The van der Waals surface area contributed by atoms with Crippen molar-refractivity contribution in [3.63, 3.8) is 0 Å². The van der Waals surface area contributed by atoms with E-state index < -0.39 is 0 Å². The molecule has 0 aliphatic rings. The smallest absolute Gasteiger partial charge is 0.00139 e. The predicted molar refractivity (Wildman–Crippen MR) is 309 cm³/mol. The Morgan fingerprint density at radius 2 is 0.486 bits per heavy atom. The van der Waals surface area contributed by atoms with Crippen LogP contribution in [0.2, 0.25) is 0 Å². The van der Waals surface area contributed by atoms with Crippen molar-refractivity contribution >= 4 is 54.7 Å². The van der Waals surface area contributed by atoms with E-state index in [1.165, 1.54) is 127 Å². The molecule has 0 aliphatic heterocycles. The predicted octanol–water partition coefficient (Wildman–Crippen LogP) is 19.9. The van der Waals surface area contributed by atoms with Crippen LogP contribution in [0.25, 0.3) is 122 Å². The number of rotatable bonds is 9. The van der Waals surface area contributed by atoms with Gasteiger partial charge in [0.05, 0.1) is 0 Å². The van der Waals surface area contributed by atoms with Crippen LogP contribution in [-0.2, 0) is 0 Å². The van der Waals surface area contributed by atoms with Gasteiger partial charge >= 0.3 is 0 Å². The first-order valence-corrected chi connectivity index (χ1v) is 24.9. The van der Waals surface area contributed by atoms with Crippen LogP contribution in [0, 0.1) is 0 Å². The molecule has 0 nitrogen and oxygen atoms in total. The van der Waals surface area contributed by atoms with Crippen molar-refractivity contribution in [2.45, 2.75) is 0 Å². The molecule has 0 heteroatoms. The normalized spacial score (nSPS) is 11.3. The van der Waals surface area contributed by atoms with Crippen molar-refractivity contribution in [3.05, 3.63) is 302 Å². The molecule has 0 unspecified atom stereocenters. The highest BCUT2D eigenvalue weighted by molar-refractivity contribution is 6.30. The Kier molecular flexibility index (Phi) is 11.0. The molecule has 0 saturated carbocycles. The van der Waals surface area contributed by atoms with Crippen LogP contribution in [0.4, 0.5) is 0 Å². The van der Waals surface area contributed by atoms with E-state index in [1.807, 2.05) is 0 Å². The third-order valence-corrected chi connectivity index (χ3v) is 14.5. The molecule has 72 heavy (non-hydrogen) atoms. The SMILES string of the molecule is C(=C(c1ccccc1)c1ccccc1)c1ccc(-c2c3ccccc3c(-c3c4ccccc4c(-c4cc(-c5ccccc5)c(-c5ccccc5)c(-c5ccccc5)c4)c4ccccc34)c3ccccc23)cc1. The van der Waals surface area contributed by atoms with Crippen molar-refractivity contribution in [3.8, 4) is 66.8 Å². The molecule has 0 spiro atoms. The van der Waals surface area contributed by atoms with Crippen LogP contribution >= 0.6 is 0 Å². The van der Waals surface area contributed by atoms with E-state index in [1.54, 1.807) is 0 Å². The summed E-state index contributed by atoms with van der Waals surface area (Å²) in [4.78, 5) is 0. The molecule has 0 fully saturated rings. The van der Waals surface area contributed by atoms with Gasteiger partial charge in [-0.3, -0.25) is 0 Å². The lowest BCUT2D eigenvalue weighted by molar-refractivity contribution is 1.55. The second-order valence-corrected chi connectivity index (χ2v) is 18.6. The molecule has 0 saturated heterocycles. The highest BCUT2D eigenvalue weighted by Crippen LogP contribution is 2.52. The van der Waals surface area contributed by atoms with Gasteiger partial charge in [-0.2, -0.15) is 0 Å². The maximum absolute atomic E-state index is 2.45. The van der Waals surface area contributed by atoms with E-state index in [0.29, 0.717) is 0 Å². The summed E-state index contributed by atoms with van der Waals surface area (Å²) < 4.78 is 0. The summed E-state index contributed by atoms with van der Waals surface area (Å²) in [5, 5.41) is 9.85. The van der Waals surface area contributed by atoms with Gasteiger partial charge in [0, 0.05) is 0 Å². The lowest BCUT2D eigenvalue weighted by atomic mass is 9.79. The van der Waals surface area contributed by atoms with E-state index in [-0.39, 0.29) is 0 Å². The fraction of sp³-hybridized carbons (Fsp3) is 0. The Balaban J connectivity index is 1.05. The standard InChI is InChI=1S/C72H48/c1-6-24-50(25-7-1)65(51-26-8-2-9-27-51)46-49-42-44-55(45-43-49)68-57-34-16-20-38-61(57)71(62-39-21-17-35-58(62)68)72-63-40-22-18-36-59(63)70(60-37-19-23-41-64(60)72)56-47-66(52-28-10-3-11-29-52)69(54-32-14-5-15-33-54)67(48-56)53-30-12-4-13-31-53/h1-48H. The first kappa shape index (κ1) is 42.7. The van der Waals surface area contributed by atoms with Crippen LogP contribution < -0.4 is 0 Å². The monoisotopic (exact) mass is 912 g/mol. The van der Waals surface area contributed by atoms with Crippen LogP contribution in [-0.4, -0.2) is 0 Å². The molecule has 0 bridgehead atoms. The lowest BCUT2D eigenvalue weighted by Gasteiger charge is -2.23. The van der Waals surface area contributed by atoms with Crippen molar-refractivity contribution in [1.29, 1.82) is 0 Å². The molecule has 13 aromatic rings. The molecule has 336 valence electrons. The lowest BCUT2D eigenvalue weighted by Crippen LogP contribution is -1.96. The summed E-state index contributed by atoms with van der Waals surface area (Å²) in [7, 11) is 0. The molecule has 0 aliphatic carbocycles. The first-order chi connectivity index (χ1) is 35.8. The minimum atomic E-state index is 1.16. The van der Waals surface area contributed by atoms with Crippen molar-refractivity contribution in [2.75, 3.05) is 0 Å². The largest absolute Gasteiger partial charge is 0.0622 e. The van der Waals surface area contributed by atoms with E-state index in [2.05, 4.69) is 291 Å². The summed E-state index contributed by atoms with van der Waals surface area (Å²) >= 11 is 0. The van der Waals surface area contributed by atoms with Crippen LogP contribution in [0.1, 0.15) is 16.7 Å². The Labute approximate surface area is 421 Å². The number of hydrogen-bond donors (Lipinski definition) is 0. The third kappa shape index (κ3) is 7.58. The van der Waals surface area contributed by atoms with Gasteiger partial charge in [-0.25, -0.2) is 0 Å². The zero-order chi connectivity index (χ0) is 47.8. The van der Waals surface area contributed by atoms with Crippen LogP contribution in [0.5, 0.6) is 0 Å². The van der Waals surface area contributed by atoms with Crippen molar-refractivity contribution in [2.24, 2.45) is 0 Å². The molecular formula is C72H48. The van der Waals surface area contributed by atoms with E-state index in [4.69, 9.17) is 0 Å². The molecule has 0 aromatic heterocycles. The van der Waals surface area contributed by atoms with Crippen molar-refractivity contribution in [1.82, 2.24) is 0 Å². The van der Waals surface area contributed by atoms with E-state index in [9.17, 15) is 0 Å². The van der Waals surface area contributed by atoms with E-state index >= 15 is 0 Å². The van der Waals surface area contributed by atoms with Gasteiger partial charge in [0.15, 0.2) is 0 Å². The number of benzene rings is 13. The van der Waals surface area contributed by atoms with Gasteiger partial charge in [0.1, 0.15) is 0 Å². The summed E-state index contributed by atoms with van der Waals surface area (Å²) in [6.07, 6.45) is 2.32. The second-order valence-electron chi connectivity index (χ2n) is 18.6. The average Bonchev–Trinajstić information content (AvgIpc) is 3.46. The molecule has 13 rings (SSSR count). The van der Waals surface area contributed by atoms with Gasteiger partial charge < -0.3 is 0 Å². The van der Waals surface area contributed by atoms with Crippen LogP contribution in [0.15, 0.2) is 285 Å². The molecular weight excluding hydrogens is 865 g/mol. The quantitative estimate of drug-likeness (QED) is 0.1000. The van der Waals surface area contributed by atoms with Gasteiger partial charge in [-0.15, -0.1) is 0 Å². The highest BCUT2D eigenvalue weighted by Gasteiger charge is 2.24. The topological polar surface area (TPSA) is 0 Å². The molecule has 0 amide bonds. The van der Waals surface area contributed by atoms with Gasteiger partial charge in [-0.05, 0) is 150 Å². The number of hydrogen-bond acceptors (Lipinski definition) is 0. The molecule has 0 N–H and O–H groups in total. The fourth-order valence-corrected chi connectivity index (χ4v) is 11.3. The zero-order valence-electron chi connectivity index (χ0n) is 39.7. The average molecular weight is 913 g/mol. The van der Waals surface area contributed by atoms with Crippen LogP contribution in [0.3, 0.4) is 0 Å². The van der Waals surface area contributed by atoms with Gasteiger partial charge in [0.2, 0.25) is 0 Å². The molecule has 13 aromatic carbocycles. The molecule has 0 atom stereocenters. The maximum Gasteiger partial charge on any atom is -0.00139 e. The summed E-state index contributed by atoms with van der Waals surface area (Å²) in [5.41, 5.74) is 19.4. The number of fused-ring (bicyclic) bond motifs is 4. The van der Waals surface area contributed by atoms with Gasteiger partial charge in [-0.1, -0.05) is 273 Å². The minimum absolute atomic E-state index is 1.16. The first-order valence-electron chi connectivity index (χ1n) is 24.9. The highest BCUT2D eigenvalue weighted by atomic mass is 14.3. The van der Waals surface area contributed by atoms with E-state index in [0.717, 1.165) is 5.56 Å². The molecule has 0 heterocycles. The summed E-state index contributed by atoms with van der Waals surface area (Å²) in [5.74, 6) is 0. The minimum Gasteiger partial charge on any atom is -0.0622 e. The Morgan fingerprint density at radius 1 is 0.208 bits per heavy atom. The summed E-state index contributed by atoms with van der Waals surface area (Å²) in [6, 6.07) is 104. The third-order valence-electron chi connectivity index (χ3n) is 14.5. The zero-order valence-corrected chi connectivity index (χ0v) is 39.7. The van der Waals surface area contributed by atoms with Gasteiger partial charge in [0.25, 0.3) is 0 Å². The fourth-order valence-electron chi connectivity index (χ4n) is 11.3. The Bertz CT molecular complexity index is 3920. The second kappa shape index (κ2) is 18.5. The van der Waals surface area contributed by atoms with Crippen molar-refractivity contribution < 1.29 is 0 Å².